The van der Waals surface area contributed by atoms with Crippen molar-refractivity contribution in [1.29, 1.82) is 0 Å². The summed E-state index contributed by atoms with van der Waals surface area (Å²) in [6.45, 7) is -2.09. The fraction of sp³-hybridized carbons (Fsp3) is 0.333. The number of nitrogens with one attached hydrogen (secondary N) is 1. The molecule has 2 aromatic heterocycles. The van der Waals surface area contributed by atoms with Crippen LogP contribution in [0.3, 0.4) is 0 Å². The van der Waals surface area contributed by atoms with Crippen LogP contribution in [0.5, 0.6) is 5.75 Å². The monoisotopic (exact) mass is 500 g/mol. The van der Waals surface area contributed by atoms with Gasteiger partial charge in [0.15, 0.2) is 0 Å². The molecule has 3 heterocycles. The number of benzene rings is 1. The lowest BCUT2D eigenvalue weighted by Gasteiger charge is -2.35. The van der Waals surface area contributed by atoms with Crippen LogP contribution >= 0.6 is 0 Å². The summed E-state index contributed by atoms with van der Waals surface area (Å²) in [5.74, 6) is -0.632. The van der Waals surface area contributed by atoms with E-state index in [1.54, 1.807) is 0 Å². The summed E-state index contributed by atoms with van der Waals surface area (Å²) in [6.07, 6.45) is -1.60. The topological polar surface area (TPSA) is 162 Å². The van der Waals surface area contributed by atoms with Gasteiger partial charge in [0.05, 0.1) is 30.5 Å². The third-order valence-corrected chi connectivity index (χ3v) is 6.80. The number of halogens is 2. The minimum atomic E-state index is -4.45. The molecule has 2 N–H and O–H groups in total. The van der Waals surface area contributed by atoms with Crippen LogP contribution < -0.4 is 20.1 Å². The predicted octanol–water partition coefficient (Wildman–Crippen LogP) is 1.56. The lowest BCUT2D eigenvalue weighted by Crippen LogP contribution is -2.44. The van der Waals surface area contributed by atoms with Crippen LogP contribution in [0, 0.1) is 6.92 Å². The SMILES string of the molecule is Cc1nn(C(F)F)cc1S(=O)(=O)N1CC(Cc2nn(C)c(=O)o2)Oc2ccc(NC(=O)O)cc21. The van der Waals surface area contributed by atoms with Crippen LogP contribution in [0.1, 0.15) is 18.1 Å². The Labute approximate surface area is 190 Å². The van der Waals surface area contributed by atoms with E-state index in [0.717, 1.165) is 15.2 Å². The van der Waals surface area contributed by atoms with E-state index in [1.165, 1.54) is 32.2 Å². The molecule has 4 rings (SSSR count). The zero-order valence-electron chi connectivity index (χ0n) is 17.7. The van der Waals surface area contributed by atoms with E-state index in [2.05, 4.69) is 15.5 Å². The number of carbonyl (C=O) groups is 1. The van der Waals surface area contributed by atoms with E-state index in [1.807, 2.05) is 0 Å². The average molecular weight is 500 g/mol. The van der Waals surface area contributed by atoms with Gasteiger partial charge in [0, 0.05) is 12.7 Å². The van der Waals surface area contributed by atoms with E-state index in [0.29, 0.717) is 0 Å². The number of anilines is 2. The van der Waals surface area contributed by atoms with Gasteiger partial charge < -0.3 is 14.3 Å². The quantitative estimate of drug-likeness (QED) is 0.511. The molecule has 1 amide bonds. The number of carboxylic acid groups (broad SMARTS) is 1. The molecule has 0 fully saturated rings. The second-order valence-electron chi connectivity index (χ2n) is 7.31. The fourth-order valence-electron chi connectivity index (χ4n) is 3.46. The van der Waals surface area contributed by atoms with Crippen molar-refractivity contribution in [2.75, 3.05) is 16.2 Å². The summed E-state index contributed by atoms with van der Waals surface area (Å²) in [6, 6.07) is 3.96. The van der Waals surface area contributed by atoms with E-state index >= 15 is 0 Å². The molecule has 182 valence electrons. The fourth-order valence-corrected chi connectivity index (χ4v) is 5.11. The Balaban J connectivity index is 1.78. The van der Waals surface area contributed by atoms with Gasteiger partial charge in [-0.15, -0.1) is 5.10 Å². The first-order valence-corrected chi connectivity index (χ1v) is 11.1. The van der Waals surface area contributed by atoms with Crippen molar-refractivity contribution in [1.82, 2.24) is 19.6 Å². The third kappa shape index (κ3) is 4.30. The van der Waals surface area contributed by atoms with Crippen LogP contribution in [0.4, 0.5) is 25.0 Å². The van der Waals surface area contributed by atoms with Gasteiger partial charge in [-0.2, -0.15) is 18.6 Å². The molecule has 1 aliphatic heterocycles. The smallest absolute Gasteiger partial charge is 0.436 e. The standard InChI is InChI=1S/C18H18F2N6O7S/c1-9-14(8-25(22-9)16(19)20)34(30,31)26-7-11(6-15-23-24(2)18(29)33-15)32-13-4-3-10(5-12(13)26)21-17(27)28/h3-5,8,11,16,21H,6-7H2,1-2H3,(H,27,28). The first kappa shape index (κ1) is 23.2. The summed E-state index contributed by atoms with van der Waals surface area (Å²) in [5.41, 5.74) is -0.112. The van der Waals surface area contributed by atoms with Gasteiger partial charge in [-0.3, -0.25) is 9.62 Å². The summed E-state index contributed by atoms with van der Waals surface area (Å²) >= 11 is 0. The Morgan fingerprint density at radius 2 is 2.09 bits per heavy atom. The molecule has 0 aliphatic carbocycles. The molecule has 34 heavy (non-hydrogen) atoms. The number of rotatable bonds is 6. The van der Waals surface area contributed by atoms with E-state index < -0.39 is 39.4 Å². The minimum Gasteiger partial charge on any atom is -0.486 e. The Hall–Kier alpha value is -3.95. The zero-order chi connectivity index (χ0) is 24.8. The summed E-state index contributed by atoms with van der Waals surface area (Å²) in [4.78, 5) is 22.1. The molecular formula is C18H18F2N6O7S. The van der Waals surface area contributed by atoms with Crippen LogP contribution in [0.15, 0.2) is 38.5 Å². The highest BCUT2D eigenvalue weighted by atomic mass is 32.2. The van der Waals surface area contributed by atoms with Gasteiger partial charge in [-0.1, -0.05) is 0 Å². The first-order chi connectivity index (χ1) is 16.0. The van der Waals surface area contributed by atoms with Gasteiger partial charge in [-0.05, 0) is 25.1 Å². The number of ether oxygens (including phenoxy) is 1. The molecule has 0 saturated heterocycles. The van der Waals surface area contributed by atoms with Crippen molar-refractivity contribution in [3.8, 4) is 5.75 Å². The molecule has 0 radical (unpaired) electrons. The number of alkyl halides is 2. The lowest BCUT2D eigenvalue weighted by molar-refractivity contribution is 0.0561. The number of hydrogen-bond donors (Lipinski definition) is 2. The Kier molecular flexibility index (Phi) is 5.76. The molecular weight excluding hydrogens is 482 g/mol. The normalized spacial score (nSPS) is 15.8. The van der Waals surface area contributed by atoms with E-state index in [-0.39, 0.29) is 46.4 Å². The maximum absolute atomic E-state index is 13.5. The van der Waals surface area contributed by atoms with Crippen LogP contribution in [0.2, 0.25) is 0 Å². The number of fused-ring (bicyclic) bond motifs is 1. The van der Waals surface area contributed by atoms with Crippen molar-refractivity contribution >= 4 is 27.5 Å². The Morgan fingerprint density at radius 3 is 2.68 bits per heavy atom. The summed E-state index contributed by atoms with van der Waals surface area (Å²) in [7, 11) is -3.07. The van der Waals surface area contributed by atoms with Crippen LogP contribution in [-0.2, 0) is 23.5 Å². The van der Waals surface area contributed by atoms with Crippen LogP contribution in [0.25, 0.3) is 0 Å². The number of aromatic nitrogens is 4. The van der Waals surface area contributed by atoms with Crippen molar-refractivity contribution in [3.63, 3.8) is 0 Å². The van der Waals surface area contributed by atoms with Crippen molar-refractivity contribution in [2.24, 2.45) is 7.05 Å². The number of hydrogen-bond acceptors (Lipinski definition) is 8. The number of nitrogens with zero attached hydrogens (tertiary/aromatic N) is 5. The highest BCUT2D eigenvalue weighted by Crippen LogP contribution is 2.40. The maximum Gasteiger partial charge on any atom is 0.436 e. The lowest BCUT2D eigenvalue weighted by atomic mass is 10.1. The average Bonchev–Trinajstić information content (AvgIpc) is 3.29. The van der Waals surface area contributed by atoms with Crippen LogP contribution in [-0.4, -0.2) is 51.8 Å². The van der Waals surface area contributed by atoms with E-state index in [9.17, 15) is 26.8 Å². The largest absolute Gasteiger partial charge is 0.486 e. The van der Waals surface area contributed by atoms with Gasteiger partial charge in [0.25, 0.3) is 10.0 Å². The second kappa shape index (κ2) is 8.44. The molecule has 1 aliphatic rings. The molecule has 0 saturated carbocycles. The number of sulfonamides is 1. The molecule has 1 atom stereocenters. The van der Waals surface area contributed by atoms with Gasteiger partial charge in [0.1, 0.15) is 16.7 Å². The number of aryl methyl sites for hydroxylation is 2. The zero-order valence-corrected chi connectivity index (χ0v) is 18.5. The molecule has 13 nitrogen and oxygen atoms in total. The molecule has 1 aromatic carbocycles. The Morgan fingerprint density at radius 1 is 1.35 bits per heavy atom. The van der Waals surface area contributed by atoms with Crippen molar-refractivity contribution in [2.45, 2.75) is 30.9 Å². The molecule has 3 aromatic rings. The van der Waals surface area contributed by atoms with Crippen molar-refractivity contribution < 1.29 is 36.3 Å². The van der Waals surface area contributed by atoms with Gasteiger partial charge in [-0.25, -0.2) is 22.7 Å². The van der Waals surface area contributed by atoms with Gasteiger partial charge >= 0.3 is 18.4 Å². The minimum absolute atomic E-state index is 0.00385. The second-order valence-corrected chi connectivity index (χ2v) is 9.15. The van der Waals surface area contributed by atoms with E-state index in [4.69, 9.17) is 14.3 Å². The molecule has 0 bridgehead atoms. The van der Waals surface area contributed by atoms with Crippen molar-refractivity contribution in [3.05, 3.63) is 46.5 Å². The number of amides is 1. The first-order valence-electron chi connectivity index (χ1n) is 9.66. The highest BCUT2D eigenvalue weighted by molar-refractivity contribution is 7.92. The maximum atomic E-state index is 13.5. The third-order valence-electron chi connectivity index (χ3n) is 4.91. The highest BCUT2D eigenvalue weighted by Gasteiger charge is 2.37. The summed E-state index contributed by atoms with van der Waals surface area (Å²) < 4.78 is 66.2. The molecule has 16 heteroatoms. The Bertz CT molecular complexity index is 1410. The molecule has 1 unspecified atom stereocenters. The summed E-state index contributed by atoms with van der Waals surface area (Å²) in [5, 5.41) is 18.6. The predicted molar refractivity (Wildman–Crippen MR) is 111 cm³/mol. The van der Waals surface area contributed by atoms with Gasteiger partial charge in [0.2, 0.25) is 5.89 Å². The molecule has 0 spiro atoms.